The van der Waals surface area contributed by atoms with E-state index >= 15 is 0 Å². The van der Waals surface area contributed by atoms with Crippen LogP contribution < -0.4 is 5.32 Å². The molecule has 0 spiro atoms. The summed E-state index contributed by atoms with van der Waals surface area (Å²) in [5.41, 5.74) is 2.29. The lowest BCUT2D eigenvalue weighted by molar-refractivity contribution is -0.0705. The maximum absolute atomic E-state index is 6.01. The summed E-state index contributed by atoms with van der Waals surface area (Å²) in [5.74, 6) is 1.05. The van der Waals surface area contributed by atoms with Crippen LogP contribution in [0.5, 0.6) is 0 Å². The Labute approximate surface area is 126 Å². The van der Waals surface area contributed by atoms with Crippen LogP contribution >= 0.6 is 0 Å². The molecule has 4 nitrogen and oxygen atoms in total. The highest BCUT2D eigenvalue weighted by molar-refractivity contribution is 5.82. The maximum atomic E-state index is 6.01. The van der Waals surface area contributed by atoms with E-state index in [1.54, 1.807) is 0 Å². The Morgan fingerprint density at radius 1 is 1.19 bits per heavy atom. The molecule has 0 bridgehead atoms. The van der Waals surface area contributed by atoms with Crippen LogP contribution in [0.4, 0.5) is 0 Å². The van der Waals surface area contributed by atoms with Gasteiger partial charge in [0.15, 0.2) is 0 Å². The second kappa shape index (κ2) is 6.18. The highest BCUT2D eigenvalue weighted by Crippen LogP contribution is 2.28. The van der Waals surface area contributed by atoms with E-state index in [1.165, 1.54) is 10.9 Å². The van der Waals surface area contributed by atoms with E-state index in [4.69, 9.17) is 9.15 Å². The lowest BCUT2D eigenvalue weighted by atomic mass is 10.1. The summed E-state index contributed by atoms with van der Waals surface area (Å²) < 4.78 is 11.8. The molecule has 114 valence electrons. The van der Waals surface area contributed by atoms with Gasteiger partial charge in [0.05, 0.1) is 18.8 Å². The van der Waals surface area contributed by atoms with Crippen LogP contribution in [0.2, 0.25) is 0 Å². The van der Waals surface area contributed by atoms with Crippen LogP contribution in [0.3, 0.4) is 0 Å². The summed E-state index contributed by atoms with van der Waals surface area (Å²) in [6.07, 6.45) is 0.583. The van der Waals surface area contributed by atoms with Gasteiger partial charge >= 0.3 is 0 Å². The van der Waals surface area contributed by atoms with Gasteiger partial charge in [-0.1, -0.05) is 18.2 Å². The molecule has 1 aromatic heterocycles. The van der Waals surface area contributed by atoms with Crippen molar-refractivity contribution in [3.63, 3.8) is 0 Å². The van der Waals surface area contributed by atoms with E-state index < -0.39 is 0 Å². The van der Waals surface area contributed by atoms with Gasteiger partial charge in [-0.2, -0.15) is 0 Å². The number of nitrogens with one attached hydrogen (secondary N) is 1. The second-order valence-electron chi connectivity index (χ2n) is 5.98. The van der Waals surface area contributed by atoms with Crippen molar-refractivity contribution < 1.29 is 9.15 Å². The largest absolute Gasteiger partial charge is 0.459 e. The van der Waals surface area contributed by atoms with Crippen molar-refractivity contribution >= 4 is 11.0 Å². The average Bonchev–Trinajstić information content (AvgIpc) is 2.76. The van der Waals surface area contributed by atoms with Crippen LogP contribution in [-0.4, -0.2) is 37.2 Å². The molecule has 0 radical (unpaired) electrons. The van der Waals surface area contributed by atoms with Crippen molar-refractivity contribution in [3.05, 3.63) is 35.6 Å². The van der Waals surface area contributed by atoms with Crippen LogP contribution in [-0.2, 0) is 17.8 Å². The summed E-state index contributed by atoms with van der Waals surface area (Å²) in [5, 5.41) is 4.43. The summed E-state index contributed by atoms with van der Waals surface area (Å²) in [4.78, 5) is 2.47. The van der Waals surface area contributed by atoms with Gasteiger partial charge in [0.2, 0.25) is 0 Å². The van der Waals surface area contributed by atoms with E-state index in [2.05, 4.69) is 36.2 Å². The quantitative estimate of drug-likeness (QED) is 0.939. The molecule has 1 fully saturated rings. The Morgan fingerprint density at radius 3 is 2.62 bits per heavy atom. The predicted molar refractivity (Wildman–Crippen MR) is 84.3 cm³/mol. The van der Waals surface area contributed by atoms with E-state index in [0.717, 1.165) is 37.5 Å². The Morgan fingerprint density at radius 2 is 1.90 bits per heavy atom. The van der Waals surface area contributed by atoms with Crippen LogP contribution in [0.25, 0.3) is 11.0 Å². The van der Waals surface area contributed by atoms with Crippen molar-refractivity contribution in [3.8, 4) is 0 Å². The average molecular weight is 288 g/mol. The third-order valence-electron chi connectivity index (χ3n) is 4.00. The molecular weight excluding hydrogens is 264 g/mol. The SMILES string of the molecule is CNCc1oc2ccccc2c1CN1C[C@@H](C)O[C@@H](C)C1. The molecule has 0 aliphatic carbocycles. The zero-order chi connectivity index (χ0) is 14.8. The number of furan rings is 1. The first-order valence-electron chi connectivity index (χ1n) is 7.69. The number of para-hydroxylation sites is 1. The molecule has 0 amide bonds. The molecular formula is C17H24N2O2. The minimum Gasteiger partial charge on any atom is -0.459 e. The number of rotatable bonds is 4. The minimum atomic E-state index is 0.291. The van der Waals surface area contributed by atoms with E-state index in [-0.39, 0.29) is 0 Å². The van der Waals surface area contributed by atoms with Crippen molar-refractivity contribution in [2.75, 3.05) is 20.1 Å². The number of nitrogens with zero attached hydrogens (tertiary/aromatic N) is 1. The monoisotopic (exact) mass is 288 g/mol. The normalized spacial score (nSPS) is 23.8. The third kappa shape index (κ3) is 3.12. The summed E-state index contributed by atoms with van der Waals surface area (Å²) >= 11 is 0. The smallest absolute Gasteiger partial charge is 0.134 e. The Balaban J connectivity index is 1.89. The molecule has 1 aliphatic rings. The number of ether oxygens (including phenoxy) is 1. The number of benzene rings is 1. The molecule has 2 atom stereocenters. The van der Waals surface area contributed by atoms with Gasteiger partial charge in [-0.25, -0.2) is 0 Å². The number of hydrogen-bond acceptors (Lipinski definition) is 4. The molecule has 21 heavy (non-hydrogen) atoms. The van der Waals surface area contributed by atoms with Gasteiger partial charge in [-0.15, -0.1) is 0 Å². The number of morpholine rings is 1. The first kappa shape index (κ1) is 14.6. The molecule has 1 N–H and O–H groups in total. The topological polar surface area (TPSA) is 37.6 Å². The molecule has 1 saturated heterocycles. The van der Waals surface area contributed by atoms with E-state index in [9.17, 15) is 0 Å². The fourth-order valence-corrected chi connectivity index (χ4v) is 3.26. The van der Waals surface area contributed by atoms with Crippen molar-refractivity contribution in [2.45, 2.75) is 39.1 Å². The van der Waals surface area contributed by atoms with Crippen LogP contribution in [0.1, 0.15) is 25.2 Å². The maximum Gasteiger partial charge on any atom is 0.134 e. The minimum absolute atomic E-state index is 0.291. The lowest BCUT2D eigenvalue weighted by Crippen LogP contribution is -2.44. The molecule has 0 saturated carbocycles. The number of fused-ring (bicyclic) bond motifs is 1. The van der Waals surface area contributed by atoms with E-state index in [1.807, 2.05) is 19.2 Å². The van der Waals surface area contributed by atoms with Gasteiger partial charge in [-0.3, -0.25) is 4.90 Å². The molecule has 3 rings (SSSR count). The van der Waals surface area contributed by atoms with Crippen LogP contribution in [0, 0.1) is 0 Å². The molecule has 0 unspecified atom stereocenters. The van der Waals surface area contributed by atoms with Crippen molar-refractivity contribution in [1.29, 1.82) is 0 Å². The Hall–Kier alpha value is -1.36. The summed E-state index contributed by atoms with van der Waals surface area (Å²) in [6, 6.07) is 8.30. The summed E-state index contributed by atoms with van der Waals surface area (Å²) in [7, 11) is 1.95. The lowest BCUT2D eigenvalue weighted by Gasteiger charge is -2.35. The third-order valence-corrected chi connectivity index (χ3v) is 4.00. The van der Waals surface area contributed by atoms with Gasteiger partial charge in [0.25, 0.3) is 0 Å². The zero-order valence-corrected chi connectivity index (χ0v) is 13.1. The van der Waals surface area contributed by atoms with Crippen molar-refractivity contribution in [1.82, 2.24) is 10.2 Å². The zero-order valence-electron chi connectivity index (χ0n) is 13.1. The Kier molecular flexibility index (Phi) is 4.29. The predicted octanol–water partition coefficient (Wildman–Crippen LogP) is 2.76. The van der Waals surface area contributed by atoms with E-state index in [0.29, 0.717) is 12.2 Å². The number of hydrogen-bond donors (Lipinski definition) is 1. The first-order valence-corrected chi connectivity index (χ1v) is 7.69. The fraction of sp³-hybridized carbons (Fsp3) is 0.529. The molecule has 1 aliphatic heterocycles. The highest BCUT2D eigenvalue weighted by Gasteiger charge is 2.24. The van der Waals surface area contributed by atoms with Gasteiger partial charge in [0.1, 0.15) is 11.3 Å². The second-order valence-corrected chi connectivity index (χ2v) is 5.98. The Bertz CT molecular complexity index is 598. The molecule has 1 aromatic carbocycles. The first-order chi connectivity index (χ1) is 10.2. The van der Waals surface area contributed by atoms with Crippen molar-refractivity contribution in [2.24, 2.45) is 0 Å². The van der Waals surface area contributed by atoms with Crippen LogP contribution in [0.15, 0.2) is 28.7 Å². The standard InChI is InChI=1S/C17H24N2O2/c1-12-9-19(10-13(2)20-12)11-15-14-6-4-5-7-16(14)21-17(15)8-18-3/h4-7,12-13,18H,8-11H2,1-3H3/t12-,13+. The molecule has 4 heteroatoms. The fourth-order valence-electron chi connectivity index (χ4n) is 3.26. The van der Waals surface area contributed by atoms with Gasteiger partial charge in [0, 0.05) is 30.6 Å². The molecule has 2 heterocycles. The summed E-state index contributed by atoms with van der Waals surface area (Å²) in [6.45, 7) is 7.92. The molecule has 2 aromatic rings. The highest BCUT2D eigenvalue weighted by atomic mass is 16.5. The van der Waals surface area contributed by atoms with Gasteiger partial charge in [-0.05, 0) is 27.0 Å². The van der Waals surface area contributed by atoms with Gasteiger partial charge < -0.3 is 14.5 Å².